The van der Waals surface area contributed by atoms with E-state index < -0.39 is 0 Å². The van der Waals surface area contributed by atoms with E-state index in [1.165, 1.54) is 0 Å². The van der Waals surface area contributed by atoms with Gasteiger partial charge >= 0.3 is 0 Å². The third-order valence-electron chi connectivity index (χ3n) is 2.35. The summed E-state index contributed by atoms with van der Waals surface area (Å²) < 4.78 is 16.2. The Morgan fingerprint density at radius 2 is 2.43 bits per heavy atom. The van der Waals surface area contributed by atoms with Crippen LogP contribution >= 0.6 is 0 Å². The normalized spacial score (nSPS) is 24.0. The standard InChI is InChI=1S/C10H21NO3/c1-2-13-9(7-11)4-6-14-10-3-5-12-8-10/h9-10H,2-8,11H2,1H3. The molecule has 1 fully saturated rings. The molecule has 0 spiro atoms. The van der Waals surface area contributed by atoms with E-state index in [0.29, 0.717) is 13.2 Å². The van der Waals surface area contributed by atoms with Crippen molar-refractivity contribution >= 4 is 0 Å². The number of hydrogen-bond acceptors (Lipinski definition) is 4. The quantitative estimate of drug-likeness (QED) is 0.656. The van der Waals surface area contributed by atoms with Crippen molar-refractivity contribution in [3.63, 3.8) is 0 Å². The fourth-order valence-corrected chi connectivity index (χ4v) is 1.52. The molecule has 1 heterocycles. The minimum atomic E-state index is 0.141. The second-order valence-electron chi connectivity index (χ2n) is 3.46. The molecule has 1 aliphatic rings. The summed E-state index contributed by atoms with van der Waals surface area (Å²) in [6.07, 6.45) is 2.32. The van der Waals surface area contributed by atoms with E-state index in [-0.39, 0.29) is 12.2 Å². The van der Waals surface area contributed by atoms with Crippen LogP contribution in [0.3, 0.4) is 0 Å². The van der Waals surface area contributed by atoms with E-state index in [4.69, 9.17) is 19.9 Å². The summed E-state index contributed by atoms with van der Waals surface area (Å²) in [7, 11) is 0. The highest BCUT2D eigenvalue weighted by atomic mass is 16.5. The molecule has 0 bridgehead atoms. The molecular formula is C10H21NO3. The predicted octanol–water partition coefficient (Wildman–Crippen LogP) is 0.546. The van der Waals surface area contributed by atoms with Crippen molar-refractivity contribution in [2.24, 2.45) is 5.73 Å². The van der Waals surface area contributed by atoms with Gasteiger partial charge in [-0.25, -0.2) is 0 Å². The minimum Gasteiger partial charge on any atom is -0.379 e. The van der Waals surface area contributed by atoms with Crippen LogP contribution in [0.25, 0.3) is 0 Å². The third kappa shape index (κ3) is 4.37. The van der Waals surface area contributed by atoms with Gasteiger partial charge in [-0.3, -0.25) is 0 Å². The van der Waals surface area contributed by atoms with Crippen LogP contribution in [0.5, 0.6) is 0 Å². The molecule has 4 heteroatoms. The molecule has 1 aliphatic heterocycles. The molecule has 0 aromatic rings. The lowest BCUT2D eigenvalue weighted by molar-refractivity contribution is 0.00261. The summed E-state index contributed by atoms with van der Waals surface area (Å²) >= 11 is 0. The van der Waals surface area contributed by atoms with E-state index >= 15 is 0 Å². The van der Waals surface area contributed by atoms with Crippen LogP contribution < -0.4 is 5.73 Å². The Labute approximate surface area is 85.7 Å². The van der Waals surface area contributed by atoms with Crippen molar-refractivity contribution in [3.8, 4) is 0 Å². The van der Waals surface area contributed by atoms with Crippen LogP contribution in [0.1, 0.15) is 19.8 Å². The van der Waals surface area contributed by atoms with E-state index in [9.17, 15) is 0 Å². The molecule has 1 rings (SSSR count). The molecule has 2 atom stereocenters. The first-order chi connectivity index (χ1) is 6.86. The van der Waals surface area contributed by atoms with Crippen LogP contribution in [0, 0.1) is 0 Å². The Morgan fingerprint density at radius 1 is 1.57 bits per heavy atom. The van der Waals surface area contributed by atoms with Gasteiger partial charge in [0.15, 0.2) is 0 Å². The van der Waals surface area contributed by atoms with E-state index in [1.807, 2.05) is 6.92 Å². The number of nitrogens with two attached hydrogens (primary N) is 1. The smallest absolute Gasteiger partial charge is 0.0830 e. The average Bonchev–Trinajstić information content (AvgIpc) is 2.69. The molecule has 84 valence electrons. The van der Waals surface area contributed by atoms with Gasteiger partial charge in [0.05, 0.1) is 18.8 Å². The topological polar surface area (TPSA) is 53.7 Å². The first kappa shape index (κ1) is 11.9. The zero-order chi connectivity index (χ0) is 10.2. The Hall–Kier alpha value is -0.160. The van der Waals surface area contributed by atoms with Crippen LogP contribution in [-0.4, -0.2) is 45.2 Å². The van der Waals surface area contributed by atoms with Crippen LogP contribution in [-0.2, 0) is 14.2 Å². The summed E-state index contributed by atoms with van der Waals surface area (Å²) in [5.41, 5.74) is 5.55. The maximum absolute atomic E-state index is 5.62. The summed E-state index contributed by atoms with van der Waals surface area (Å²) in [4.78, 5) is 0. The number of rotatable bonds is 7. The maximum Gasteiger partial charge on any atom is 0.0830 e. The van der Waals surface area contributed by atoms with Crippen molar-refractivity contribution in [1.29, 1.82) is 0 Å². The zero-order valence-corrected chi connectivity index (χ0v) is 8.91. The highest BCUT2D eigenvalue weighted by Gasteiger charge is 2.16. The fourth-order valence-electron chi connectivity index (χ4n) is 1.52. The van der Waals surface area contributed by atoms with Gasteiger partial charge in [0.25, 0.3) is 0 Å². The SMILES string of the molecule is CCOC(CN)CCOC1CCOC1. The molecule has 2 unspecified atom stereocenters. The van der Waals surface area contributed by atoms with Crippen molar-refractivity contribution in [1.82, 2.24) is 0 Å². The first-order valence-electron chi connectivity index (χ1n) is 5.37. The van der Waals surface area contributed by atoms with E-state index in [2.05, 4.69) is 0 Å². The Morgan fingerprint density at radius 3 is 3.00 bits per heavy atom. The van der Waals surface area contributed by atoms with Gasteiger partial charge in [-0.2, -0.15) is 0 Å². The molecule has 0 aliphatic carbocycles. The molecular weight excluding hydrogens is 182 g/mol. The number of ether oxygens (including phenoxy) is 3. The third-order valence-corrected chi connectivity index (χ3v) is 2.35. The monoisotopic (exact) mass is 203 g/mol. The van der Waals surface area contributed by atoms with Gasteiger partial charge in [-0.15, -0.1) is 0 Å². The average molecular weight is 203 g/mol. The van der Waals surface area contributed by atoms with Crippen molar-refractivity contribution in [2.45, 2.75) is 32.0 Å². The Balaban J connectivity index is 2.00. The van der Waals surface area contributed by atoms with Gasteiger partial charge in [0.1, 0.15) is 0 Å². The van der Waals surface area contributed by atoms with Gasteiger partial charge in [0, 0.05) is 26.4 Å². The minimum absolute atomic E-state index is 0.141. The summed E-state index contributed by atoms with van der Waals surface area (Å²) in [6.45, 7) is 5.55. The summed E-state index contributed by atoms with van der Waals surface area (Å²) in [5.74, 6) is 0. The maximum atomic E-state index is 5.62. The summed E-state index contributed by atoms with van der Waals surface area (Å²) in [5, 5.41) is 0. The lowest BCUT2D eigenvalue weighted by Crippen LogP contribution is -2.26. The molecule has 0 radical (unpaired) electrons. The second kappa shape index (κ2) is 7.17. The predicted molar refractivity (Wildman–Crippen MR) is 54.3 cm³/mol. The number of hydrogen-bond donors (Lipinski definition) is 1. The van der Waals surface area contributed by atoms with Gasteiger partial charge in [0.2, 0.25) is 0 Å². The van der Waals surface area contributed by atoms with Crippen LogP contribution in [0.15, 0.2) is 0 Å². The van der Waals surface area contributed by atoms with Crippen LogP contribution in [0.4, 0.5) is 0 Å². The largest absolute Gasteiger partial charge is 0.379 e. The molecule has 0 saturated carbocycles. The van der Waals surface area contributed by atoms with Crippen molar-refractivity contribution < 1.29 is 14.2 Å². The lowest BCUT2D eigenvalue weighted by atomic mass is 10.2. The zero-order valence-electron chi connectivity index (χ0n) is 8.91. The highest BCUT2D eigenvalue weighted by Crippen LogP contribution is 2.09. The van der Waals surface area contributed by atoms with Gasteiger partial charge in [-0.05, 0) is 19.8 Å². The van der Waals surface area contributed by atoms with Crippen molar-refractivity contribution in [3.05, 3.63) is 0 Å². The molecule has 0 amide bonds. The second-order valence-corrected chi connectivity index (χ2v) is 3.46. The lowest BCUT2D eigenvalue weighted by Gasteiger charge is -2.16. The van der Waals surface area contributed by atoms with E-state index in [1.54, 1.807) is 0 Å². The summed E-state index contributed by atoms with van der Waals surface area (Å²) in [6, 6.07) is 0. The Bertz CT molecular complexity index is 137. The molecule has 1 saturated heterocycles. The van der Waals surface area contributed by atoms with Crippen molar-refractivity contribution in [2.75, 3.05) is 33.0 Å². The highest BCUT2D eigenvalue weighted by molar-refractivity contribution is 4.64. The van der Waals surface area contributed by atoms with E-state index in [0.717, 1.165) is 32.7 Å². The molecule has 14 heavy (non-hydrogen) atoms. The molecule has 0 aromatic heterocycles. The van der Waals surface area contributed by atoms with Gasteiger partial charge in [-0.1, -0.05) is 0 Å². The molecule has 0 aromatic carbocycles. The molecule has 2 N–H and O–H groups in total. The van der Waals surface area contributed by atoms with Gasteiger partial charge < -0.3 is 19.9 Å². The Kier molecular flexibility index (Phi) is 6.10. The fraction of sp³-hybridized carbons (Fsp3) is 1.00. The van der Waals surface area contributed by atoms with Crippen LogP contribution in [0.2, 0.25) is 0 Å². The molecule has 4 nitrogen and oxygen atoms in total. The first-order valence-corrected chi connectivity index (χ1v) is 5.37.